The van der Waals surface area contributed by atoms with Gasteiger partial charge in [-0.05, 0) is 25.0 Å². The van der Waals surface area contributed by atoms with E-state index >= 15 is 0 Å². The van der Waals surface area contributed by atoms with Crippen LogP contribution in [0.5, 0.6) is 5.75 Å². The highest BCUT2D eigenvalue weighted by molar-refractivity contribution is 5.88. The normalized spacial score (nSPS) is 29.3. The summed E-state index contributed by atoms with van der Waals surface area (Å²) >= 11 is 0. The van der Waals surface area contributed by atoms with Gasteiger partial charge in [-0.2, -0.15) is 0 Å². The summed E-state index contributed by atoms with van der Waals surface area (Å²) in [5.74, 6) is -1.24. The molecule has 2 saturated heterocycles. The van der Waals surface area contributed by atoms with Crippen LogP contribution in [0.25, 0.3) is 0 Å². The summed E-state index contributed by atoms with van der Waals surface area (Å²) in [4.78, 5) is 21.6. The van der Waals surface area contributed by atoms with Gasteiger partial charge in [-0.3, -0.25) is 10.1 Å². The zero-order valence-corrected chi connectivity index (χ0v) is 11.7. The Bertz CT molecular complexity index is 657. The van der Waals surface area contributed by atoms with Crippen molar-refractivity contribution in [3.8, 4) is 5.75 Å². The molecule has 0 amide bonds. The average molecular weight is 305 g/mol. The third kappa shape index (κ3) is 2.23. The quantitative estimate of drug-likeness (QED) is 0.510. The number of nitro benzene ring substituents is 1. The molecular weight excluding hydrogens is 290 g/mol. The molecule has 1 aromatic rings. The Kier molecular flexibility index (Phi) is 3.37. The standard InChI is InChI=1S/C15H15NO6/c1-2-15(8-10-4-6-13(15)21-10)22-12-7-9(14(17)18)3-5-11(12)16(19)20/h2-3,5,7,10,13H,1,4,6,8H2,(H,17,18). The van der Waals surface area contributed by atoms with Gasteiger partial charge in [0.2, 0.25) is 0 Å². The fraction of sp³-hybridized carbons (Fsp3) is 0.400. The summed E-state index contributed by atoms with van der Waals surface area (Å²) < 4.78 is 11.6. The minimum absolute atomic E-state index is 0.0599. The van der Waals surface area contributed by atoms with Crippen LogP contribution in [0.4, 0.5) is 5.69 Å². The second-order valence-corrected chi connectivity index (χ2v) is 5.53. The average Bonchev–Trinajstić information content (AvgIpc) is 3.07. The van der Waals surface area contributed by atoms with E-state index in [1.54, 1.807) is 6.08 Å². The van der Waals surface area contributed by atoms with Crippen LogP contribution < -0.4 is 4.74 Å². The number of benzene rings is 1. The molecule has 2 bridgehead atoms. The number of fused-ring (bicyclic) bond motifs is 2. The fourth-order valence-electron chi connectivity index (χ4n) is 3.15. The second-order valence-electron chi connectivity index (χ2n) is 5.53. The molecule has 22 heavy (non-hydrogen) atoms. The van der Waals surface area contributed by atoms with Crippen molar-refractivity contribution in [3.05, 3.63) is 46.5 Å². The first-order chi connectivity index (χ1) is 10.4. The van der Waals surface area contributed by atoms with E-state index in [1.807, 2.05) is 0 Å². The lowest BCUT2D eigenvalue weighted by Crippen LogP contribution is -2.43. The Morgan fingerprint density at radius 3 is 2.82 bits per heavy atom. The van der Waals surface area contributed by atoms with E-state index in [-0.39, 0.29) is 29.2 Å². The Balaban J connectivity index is 1.99. The number of ether oxygens (including phenoxy) is 2. The van der Waals surface area contributed by atoms with Crippen molar-refractivity contribution in [3.63, 3.8) is 0 Å². The minimum atomic E-state index is -1.17. The smallest absolute Gasteiger partial charge is 0.335 e. The first kappa shape index (κ1) is 14.5. The van der Waals surface area contributed by atoms with Gasteiger partial charge in [0.05, 0.1) is 16.6 Å². The van der Waals surface area contributed by atoms with Gasteiger partial charge in [0.25, 0.3) is 0 Å². The third-order valence-electron chi connectivity index (χ3n) is 4.25. The lowest BCUT2D eigenvalue weighted by Gasteiger charge is -2.32. The molecule has 0 spiro atoms. The van der Waals surface area contributed by atoms with E-state index < -0.39 is 16.5 Å². The highest BCUT2D eigenvalue weighted by atomic mass is 16.6. The van der Waals surface area contributed by atoms with Crippen LogP contribution in [0.15, 0.2) is 30.9 Å². The lowest BCUT2D eigenvalue weighted by molar-refractivity contribution is -0.386. The van der Waals surface area contributed by atoms with Crippen molar-refractivity contribution in [1.29, 1.82) is 0 Å². The first-order valence-electron chi connectivity index (χ1n) is 6.95. The summed E-state index contributed by atoms with van der Waals surface area (Å²) in [6, 6.07) is 3.51. The van der Waals surface area contributed by atoms with Crippen molar-refractivity contribution >= 4 is 11.7 Å². The summed E-state index contributed by atoms with van der Waals surface area (Å²) in [6.45, 7) is 3.77. The zero-order valence-electron chi connectivity index (χ0n) is 11.7. The maximum Gasteiger partial charge on any atom is 0.335 e. The van der Waals surface area contributed by atoms with Crippen LogP contribution in [0.1, 0.15) is 29.6 Å². The number of hydrogen-bond acceptors (Lipinski definition) is 5. The topological polar surface area (TPSA) is 98.9 Å². The summed E-state index contributed by atoms with van der Waals surface area (Å²) in [6.07, 6.45) is 3.75. The van der Waals surface area contributed by atoms with Gasteiger partial charge in [0.1, 0.15) is 6.10 Å². The van der Waals surface area contributed by atoms with E-state index in [4.69, 9.17) is 14.6 Å². The van der Waals surface area contributed by atoms with Gasteiger partial charge in [-0.1, -0.05) is 6.58 Å². The van der Waals surface area contributed by atoms with E-state index in [9.17, 15) is 14.9 Å². The Hall–Kier alpha value is -2.41. The molecular formula is C15H15NO6. The van der Waals surface area contributed by atoms with Gasteiger partial charge >= 0.3 is 11.7 Å². The molecule has 0 radical (unpaired) electrons. The molecule has 0 aromatic heterocycles. The SMILES string of the molecule is C=CC1(Oc2cc(C(=O)O)ccc2[N+](=O)[O-])CC2CCC1O2. The number of carboxylic acids is 1. The molecule has 2 aliphatic rings. The van der Waals surface area contributed by atoms with Gasteiger partial charge in [-0.25, -0.2) is 4.79 Å². The van der Waals surface area contributed by atoms with Crippen molar-refractivity contribution in [2.45, 2.75) is 37.1 Å². The van der Waals surface area contributed by atoms with Crippen LogP contribution in [0, 0.1) is 10.1 Å². The molecule has 3 unspecified atom stereocenters. The van der Waals surface area contributed by atoms with E-state index in [2.05, 4.69) is 6.58 Å². The zero-order chi connectivity index (χ0) is 15.9. The van der Waals surface area contributed by atoms with Crippen LogP contribution in [0.3, 0.4) is 0 Å². The highest BCUT2D eigenvalue weighted by Crippen LogP contribution is 2.46. The predicted molar refractivity (Wildman–Crippen MR) is 76.1 cm³/mol. The van der Waals surface area contributed by atoms with Crippen molar-refractivity contribution in [2.24, 2.45) is 0 Å². The largest absolute Gasteiger partial charge is 0.478 e. The van der Waals surface area contributed by atoms with Crippen molar-refractivity contribution < 1.29 is 24.3 Å². The summed E-state index contributed by atoms with van der Waals surface area (Å²) in [7, 11) is 0. The number of carboxylic acid groups (broad SMARTS) is 1. The van der Waals surface area contributed by atoms with Crippen molar-refractivity contribution in [1.82, 2.24) is 0 Å². The molecule has 7 heteroatoms. The van der Waals surface area contributed by atoms with Gasteiger partial charge in [0.15, 0.2) is 11.4 Å². The Morgan fingerprint density at radius 2 is 2.32 bits per heavy atom. The van der Waals surface area contributed by atoms with Crippen LogP contribution in [-0.4, -0.2) is 33.8 Å². The predicted octanol–water partition coefficient (Wildman–Crippen LogP) is 2.55. The number of nitrogens with zero attached hydrogens (tertiary/aromatic N) is 1. The van der Waals surface area contributed by atoms with Crippen molar-refractivity contribution in [2.75, 3.05) is 0 Å². The monoisotopic (exact) mass is 305 g/mol. The molecule has 2 aliphatic heterocycles. The number of nitro groups is 1. The molecule has 3 atom stereocenters. The third-order valence-corrected chi connectivity index (χ3v) is 4.25. The fourth-order valence-corrected chi connectivity index (χ4v) is 3.15. The molecule has 1 aromatic carbocycles. The molecule has 7 nitrogen and oxygen atoms in total. The number of aromatic carboxylic acids is 1. The van der Waals surface area contributed by atoms with Crippen LogP contribution in [-0.2, 0) is 4.74 Å². The molecule has 2 fully saturated rings. The molecule has 0 aliphatic carbocycles. The van der Waals surface area contributed by atoms with E-state index in [0.29, 0.717) is 6.42 Å². The van der Waals surface area contributed by atoms with Gasteiger partial charge < -0.3 is 14.6 Å². The maximum absolute atomic E-state index is 11.2. The number of hydrogen-bond donors (Lipinski definition) is 1. The second kappa shape index (κ2) is 5.10. The molecule has 0 saturated carbocycles. The van der Waals surface area contributed by atoms with Gasteiger partial charge in [-0.15, -0.1) is 0 Å². The van der Waals surface area contributed by atoms with E-state index in [0.717, 1.165) is 18.9 Å². The van der Waals surface area contributed by atoms with Gasteiger partial charge in [0, 0.05) is 18.6 Å². The molecule has 2 heterocycles. The minimum Gasteiger partial charge on any atom is -0.478 e. The maximum atomic E-state index is 11.2. The summed E-state index contributed by atoms with van der Waals surface area (Å²) in [5, 5.41) is 20.2. The number of rotatable bonds is 5. The Labute approximate surface area is 126 Å². The van der Waals surface area contributed by atoms with Crippen LogP contribution >= 0.6 is 0 Å². The molecule has 116 valence electrons. The first-order valence-corrected chi connectivity index (χ1v) is 6.95. The molecule has 1 N–H and O–H groups in total. The summed E-state index contributed by atoms with van der Waals surface area (Å²) in [5.41, 5.74) is -1.18. The number of carbonyl (C=O) groups is 1. The van der Waals surface area contributed by atoms with Crippen LogP contribution in [0.2, 0.25) is 0 Å². The molecule has 3 rings (SSSR count). The van der Waals surface area contributed by atoms with E-state index in [1.165, 1.54) is 12.1 Å². The Morgan fingerprint density at radius 1 is 1.55 bits per heavy atom. The lowest BCUT2D eigenvalue weighted by atomic mass is 9.84. The highest BCUT2D eigenvalue weighted by Gasteiger charge is 2.53.